The van der Waals surface area contributed by atoms with Crippen LogP contribution in [-0.2, 0) is 0 Å². The highest BCUT2D eigenvalue weighted by Crippen LogP contribution is 2.30. The van der Waals surface area contributed by atoms with E-state index < -0.39 is 0 Å². The van der Waals surface area contributed by atoms with Crippen LogP contribution < -0.4 is 0 Å². The molecule has 4 aromatic rings. The Morgan fingerprint density at radius 1 is 0.960 bits per heavy atom. The fourth-order valence-corrected chi connectivity index (χ4v) is 2.72. The van der Waals surface area contributed by atoms with E-state index in [4.69, 9.17) is 23.2 Å². The third-order valence-electron chi connectivity index (χ3n) is 3.50. The third kappa shape index (κ3) is 3.22. The monoisotopic (exact) mass is 368 g/mol. The predicted octanol–water partition coefficient (Wildman–Crippen LogP) is 4.09. The molecule has 4 rings (SSSR count). The van der Waals surface area contributed by atoms with Gasteiger partial charge in [0.15, 0.2) is 0 Å². The first-order valence-corrected chi connectivity index (χ1v) is 8.08. The van der Waals surface area contributed by atoms with Crippen molar-refractivity contribution in [1.29, 1.82) is 0 Å². The number of tetrazole rings is 1. The standard InChI is InChI=1S/C17H10Cl2N6/c18-12-4-5-15(19)14(8-12)11-7-13(10-20-9-11)25-23-17(22-24-25)16-3-1-2-6-21-16/h1-10H. The first-order valence-electron chi connectivity index (χ1n) is 7.33. The van der Waals surface area contributed by atoms with Gasteiger partial charge in [0.25, 0.3) is 0 Å². The molecule has 0 aliphatic heterocycles. The zero-order valence-electron chi connectivity index (χ0n) is 12.7. The summed E-state index contributed by atoms with van der Waals surface area (Å²) in [6.45, 7) is 0. The van der Waals surface area contributed by atoms with Gasteiger partial charge in [-0.25, -0.2) is 0 Å². The summed E-state index contributed by atoms with van der Waals surface area (Å²) in [5.74, 6) is 0.437. The summed E-state index contributed by atoms with van der Waals surface area (Å²) in [5, 5.41) is 13.7. The molecule has 0 aliphatic carbocycles. The van der Waals surface area contributed by atoms with Crippen LogP contribution in [0.2, 0.25) is 10.0 Å². The molecule has 3 heterocycles. The highest BCUT2D eigenvalue weighted by Gasteiger charge is 2.11. The number of pyridine rings is 2. The molecule has 6 nitrogen and oxygen atoms in total. The Balaban J connectivity index is 1.73. The minimum absolute atomic E-state index is 0.437. The second-order valence-electron chi connectivity index (χ2n) is 5.17. The maximum Gasteiger partial charge on any atom is 0.223 e. The molecule has 0 saturated carbocycles. The van der Waals surface area contributed by atoms with Crippen LogP contribution in [0.1, 0.15) is 0 Å². The summed E-state index contributed by atoms with van der Waals surface area (Å²) in [5.41, 5.74) is 2.90. The van der Waals surface area contributed by atoms with Crippen molar-refractivity contribution < 1.29 is 0 Å². The van der Waals surface area contributed by atoms with Crippen molar-refractivity contribution in [3.8, 4) is 28.3 Å². The Morgan fingerprint density at radius 2 is 1.88 bits per heavy atom. The summed E-state index contributed by atoms with van der Waals surface area (Å²) < 4.78 is 0. The van der Waals surface area contributed by atoms with Crippen LogP contribution in [0, 0.1) is 0 Å². The van der Waals surface area contributed by atoms with Gasteiger partial charge < -0.3 is 0 Å². The van der Waals surface area contributed by atoms with Gasteiger partial charge in [-0.15, -0.1) is 15.0 Å². The summed E-state index contributed by atoms with van der Waals surface area (Å²) >= 11 is 12.3. The first kappa shape index (κ1) is 15.7. The van der Waals surface area contributed by atoms with E-state index in [1.54, 1.807) is 36.8 Å². The van der Waals surface area contributed by atoms with E-state index in [0.717, 1.165) is 11.1 Å². The van der Waals surface area contributed by atoms with E-state index in [2.05, 4.69) is 25.4 Å². The Labute approximate surface area is 153 Å². The molecule has 0 radical (unpaired) electrons. The van der Waals surface area contributed by atoms with E-state index in [0.29, 0.717) is 27.3 Å². The largest absolute Gasteiger partial charge is 0.262 e. The van der Waals surface area contributed by atoms with Gasteiger partial charge in [0.1, 0.15) is 11.4 Å². The molecule has 0 amide bonds. The number of halogens is 2. The van der Waals surface area contributed by atoms with Gasteiger partial charge in [0.05, 0.1) is 6.20 Å². The summed E-state index contributed by atoms with van der Waals surface area (Å²) in [6, 6.07) is 12.7. The molecule has 3 aromatic heterocycles. The Morgan fingerprint density at radius 3 is 2.72 bits per heavy atom. The SMILES string of the molecule is Clc1ccc(Cl)c(-c2cncc(-n3nnc(-c4ccccn4)n3)c2)c1. The van der Waals surface area contributed by atoms with Gasteiger partial charge in [-0.3, -0.25) is 9.97 Å². The highest BCUT2D eigenvalue weighted by molar-refractivity contribution is 6.35. The van der Waals surface area contributed by atoms with Crippen molar-refractivity contribution >= 4 is 23.2 Å². The third-order valence-corrected chi connectivity index (χ3v) is 4.07. The number of aromatic nitrogens is 6. The van der Waals surface area contributed by atoms with E-state index in [-0.39, 0.29) is 0 Å². The van der Waals surface area contributed by atoms with Crippen LogP contribution in [0.4, 0.5) is 0 Å². The van der Waals surface area contributed by atoms with Crippen LogP contribution in [0.15, 0.2) is 61.1 Å². The molecule has 0 saturated heterocycles. The average Bonchev–Trinajstić information content (AvgIpc) is 3.15. The van der Waals surface area contributed by atoms with Crippen molar-refractivity contribution in [1.82, 2.24) is 30.2 Å². The van der Waals surface area contributed by atoms with Crippen LogP contribution in [0.3, 0.4) is 0 Å². The van der Waals surface area contributed by atoms with E-state index in [9.17, 15) is 0 Å². The van der Waals surface area contributed by atoms with Crippen LogP contribution in [0.25, 0.3) is 28.3 Å². The molecule has 0 unspecified atom stereocenters. The van der Waals surface area contributed by atoms with Gasteiger partial charge in [-0.2, -0.15) is 0 Å². The molecule has 0 atom stereocenters. The minimum atomic E-state index is 0.437. The quantitative estimate of drug-likeness (QED) is 0.544. The fourth-order valence-electron chi connectivity index (χ4n) is 2.32. The lowest BCUT2D eigenvalue weighted by atomic mass is 10.1. The van der Waals surface area contributed by atoms with Gasteiger partial charge in [-0.05, 0) is 41.6 Å². The summed E-state index contributed by atoms with van der Waals surface area (Å²) in [4.78, 5) is 9.86. The molecule has 8 heteroatoms. The lowest BCUT2D eigenvalue weighted by Gasteiger charge is -2.06. The zero-order valence-corrected chi connectivity index (χ0v) is 14.2. The van der Waals surface area contributed by atoms with Crippen LogP contribution >= 0.6 is 23.2 Å². The Hall–Kier alpha value is -2.83. The van der Waals surface area contributed by atoms with Crippen LogP contribution in [-0.4, -0.2) is 30.2 Å². The number of nitrogens with zero attached hydrogens (tertiary/aromatic N) is 6. The smallest absolute Gasteiger partial charge is 0.223 e. The van der Waals surface area contributed by atoms with Crippen LogP contribution in [0.5, 0.6) is 0 Å². The predicted molar refractivity (Wildman–Crippen MR) is 95.6 cm³/mol. The second-order valence-corrected chi connectivity index (χ2v) is 6.02. The van der Waals surface area contributed by atoms with Crippen molar-refractivity contribution in [3.05, 3.63) is 71.1 Å². The maximum absolute atomic E-state index is 6.27. The molecule has 0 spiro atoms. The normalized spacial score (nSPS) is 10.8. The molecule has 122 valence electrons. The minimum Gasteiger partial charge on any atom is -0.262 e. The second kappa shape index (κ2) is 6.58. The van der Waals surface area contributed by atoms with E-state index >= 15 is 0 Å². The number of hydrogen-bond donors (Lipinski definition) is 0. The van der Waals surface area contributed by atoms with Gasteiger partial charge in [0, 0.05) is 33.6 Å². The molecule has 0 fully saturated rings. The fraction of sp³-hybridized carbons (Fsp3) is 0. The lowest BCUT2D eigenvalue weighted by molar-refractivity contribution is 0.717. The topological polar surface area (TPSA) is 69.4 Å². The zero-order chi connectivity index (χ0) is 17.2. The number of hydrogen-bond acceptors (Lipinski definition) is 5. The Kier molecular flexibility index (Phi) is 4.13. The molecular weight excluding hydrogens is 359 g/mol. The highest BCUT2D eigenvalue weighted by atomic mass is 35.5. The summed E-state index contributed by atoms with van der Waals surface area (Å²) in [6.07, 6.45) is 5.03. The number of rotatable bonds is 3. The maximum atomic E-state index is 6.27. The molecule has 0 aliphatic rings. The van der Waals surface area contributed by atoms with Gasteiger partial charge in [-0.1, -0.05) is 29.3 Å². The van der Waals surface area contributed by atoms with Crippen molar-refractivity contribution in [2.75, 3.05) is 0 Å². The van der Waals surface area contributed by atoms with E-state index in [1.165, 1.54) is 4.80 Å². The van der Waals surface area contributed by atoms with Crippen molar-refractivity contribution in [3.63, 3.8) is 0 Å². The molecule has 1 aromatic carbocycles. The van der Waals surface area contributed by atoms with Crippen molar-refractivity contribution in [2.45, 2.75) is 0 Å². The van der Waals surface area contributed by atoms with E-state index in [1.807, 2.05) is 24.3 Å². The first-order chi connectivity index (χ1) is 12.2. The number of benzene rings is 1. The van der Waals surface area contributed by atoms with Gasteiger partial charge in [0.2, 0.25) is 5.82 Å². The Bertz CT molecular complexity index is 1030. The summed E-state index contributed by atoms with van der Waals surface area (Å²) in [7, 11) is 0. The molecule has 0 bridgehead atoms. The average molecular weight is 369 g/mol. The lowest BCUT2D eigenvalue weighted by Crippen LogP contribution is -2.00. The molecule has 0 N–H and O–H groups in total. The van der Waals surface area contributed by atoms with Crippen molar-refractivity contribution in [2.24, 2.45) is 0 Å². The molecule has 25 heavy (non-hydrogen) atoms. The van der Waals surface area contributed by atoms with Gasteiger partial charge >= 0.3 is 0 Å². The molecular formula is C17H10Cl2N6.